The lowest BCUT2D eigenvalue weighted by Crippen LogP contribution is -2.34. The third-order valence-corrected chi connectivity index (χ3v) is 6.21. The predicted octanol–water partition coefficient (Wildman–Crippen LogP) is 3.69. The summed E-state index contributed by atoms with van der Waals surface area (Å²) in [6.45, 7) is 7.44. The van der Waals surface area contributed by atoms with Gasteiger partial charge in [0, 0.05) is 50.6 Å². The lowest BCUT2D eigenvalue weighted by Gasteiger charge is -2.26. The Morgan fingerprint density at radius 2 is 1.75 bits per heavy atom. The van der Waals surface area contributed by atoms with Crippen molar-refractivity contribution in [2.45, 2.75) is 27.3 Å². The van der Waals surface area contributed by atoms with E-state index < -0.39 is 21.8 Å². The van der Waals surface area contributed by atoms with Gasteiger partial charge in [-0.25, -0.2) is 4.39 Å². The molecule has 0 aromatic heterocycles. The molecule has 0 aliphatic heterocycles. The van der Waals surface area contributed by atoms with Gasteiger partial charge in [0.05, 0.1) is 17.9 Å². The molecule has 176 valence electrons. The molecule has 0 heterocycles. The Bertz CT molecular complexity index is 1010. The first kappa shape index (κ1) is 25.6. The van der Waals surface area contributed by atoms with Crippen molar-refractivity contribution in [3.8, 4) is 5.75 Å². The molecule has 0 unspecified atom stereocenters. The number of hydrogen-bond acceptors (Lipinski definition) is 6. The Hall–Kier alpha value is -2.65. The summed E-state index contributed by atoms with van der Waals surface area (Å²) in [5, 5.41) is 0. The van der Waals surface area contributed by atoms with Crippen molar-refractivity contribution in [2.75, 3.05) is 44.0 Å². The highest BCUT2D eigenvalue weighted by Gasteiger charge is 2.22. The van der Waals surface area contributed by atoms with Crippen LogP contribution in [-0.2, 0) is 21.4 Å². The minimum absolute atomic E-state index is 0.0314. The highest BCUT2D eigenvalue weighted by Crippen LogP contribution is 2.29. The number of benzene rings is 2. The summed E-state index contributed by atoms with van der Waals surface area (Å²) in [5.74, 6) is -1.18. The first-order valence-corrected chi connectivity index (χ1v) is 12.2. The molecule has 0 bridgehead atoms. The molecule has 0 aliphatic carbocycles. The van der Waals surface area contributed by atoms with Gasteiger partial charge >= 0.3 is 10.1 Å². The maximum atomic E-state index is 14.2. The maximum absolute atomic E-state index is 14.2. The molecule has 0 saturated heterocycles. The van der Waals surface area contributed by atoms with E-state index in [0.29, 0.717) is 5.56 Å². The van der Waals surface area contributed by atoms with E-state index in [0.717, 1.165) is 18.8 Å². The van der Waals surface area contributed by atoms with Gasteiger partial charge in [-0.2, -0.15) is 8.42 Å². The molecular weight excluding hydrogens is 435 g/mol. The third-order valence-electron chi connectivity index (χ3n) is 5.07. The van der Waals surface area contributed by atoms with Crippen LogP contribution in [0.3, 0.4) is 0 Å². The minimum Gasteiger partial charge on any atom is -0.383 e. The summed E-state index contributed by atoms with van der Waals surface area (Å²) in [5.41, 5.74) is 1.25. The fourth-order valence-electron chi connectivity index (χ4n) is 3.20. The SMILES string of the molecule is CCN(CC)c1ccc(CN(CCOC)C(=O)c2ccccc2F)c(OS(=O)(=O)CC)c1. The Morgan fingerprint density at radius 1 is 1.06 bits per heavy atom. The Labute approximate surface area is 189 Å². The molecular formula is C23H31FN2O5S. The minimum atomic E-state index is -3.79. The van der Waals surface area contributed by atoms with Crippen LogP contribution in [0.1, 0.15) is 36.7 Å². The van der Waals surface area contributed by atoms with Crippen LogP contribution in [0.5, 0.6) is 5.75 Å². The van der Waals surface area contributed by atoms with Crippen LogP contribution in [0.25, 0.3) is 0 Å². The molecule has 7 nitrogen and oxygen atoms in total. The van der Waals surface area contributed by atoms with E-state index in [1.54, 1.807) is 18.2 Å². The van der Waals surface area contributed by atoms with E-state index in [1.807, 2.05) is 19.9 Å². The van der Waals surface area contributed by atoms with Crippen LogP contribution in [0, 0.1) is 5.82 Å². The van der Waals surface area contributed by atoms with E-state index in [4.69, 9.17) is 8.92 Å². The highest BCUT2D eigenvalue weighted by atomic mass is 32.2. The summed E-state index contributed by atoms with van der Waals surface area (Å²) in [6, 6.07) is 11.0. The molecule has 0 aliphatic rings. The maximum Gasteiger partial charge on any atom is 0.308 e. The second-order valence-corrected chi connectivity index (χ2v) is 8.95. The molecule has 32 heavy (non-hydrogen) atoms. The van der Waals surface area contributed by atoms with Gasteiger partial charge in [0.15, 0.2) is 0 Å². The normalized spacial score (nSPS) is 11.3. The lowest BCUT2D eigenvalue weighted by atomic mass is 10.1. The number of rotatable bonds is 12. The highest BCUT2D eigenvalue weighted by molar-refractivity contribution is 7.87. The molecule has 2 aromatic carbocycles. The number of hydrogen-bond donors (Lipinski definition) is 0. The summed E-state index contributed by atoms with van der Waals surface area (Å²) < 4.78 is 49.2. The van der Waals surface area contributed by atoms with Crippen molar-refractivity contribution >= 4 is 21.7 Å². The Kier molecular flexibility index (Phi) is 9.46. The number of methoxy groups -OCH3 is 1. The zero-order chi connectivity index (χ0) is 23.7. The van der Waals surface area contributed by atoms with Gasteiger partial charge in [-0.3, -0.25) is 4.79 Å². The predicted molar refractivity (Wildman–Crippen MR) is 123 cm³/mol. The van der Waals surface area contributed by atoms with Gasteiger partial charge in [0.2, 0.25) is 0 Å². The fraction of sp³-hybridized carbons (Fsp3) is 0.435. The van der Waals surface area contributed by atoms with Crippen LogP contribution in [-0.4, -0.2) is 58.3 Å². The van der Waals surface area contributed by atoms with Crippen LogP contribution < -0.4 is 9.08 Å². The molecule has 0 fully saturated rings. The third kappa shape index (κ3) is 6.67. The van der Waals surface area contributed by atoms with Gasteiger partial charge in [0.1, 0.15) is 11.6 Å². The number of nitrogens with zero attached hydrogens (tertiary/aromatic N) is 2. The number of halogens is 1. The second kappa shape index (κ2) is 11.8. The van der Waals surface area contributed by atoms with Crippen molar-refractivity contribution < 1.29 is 26.5 Å². The molecule has 9 heteroatoms. The first-order chi connectivity index (χ1) is 15.3. The van der Waals surface area contributed by atoms with Crippen molar-refractivity contribution in [3.05, 3.63) is 59.4 Å². The van der Waals surface area contributed by atoms with Gasteiger partial charge in [-0.15, -0.1) is 0 Å². The van der Waals surface area contributed by atoms with Crippen LogP contribution >= 0.6 is 0 Å². The largest absolute Gasteiger partial charge is 0.383 e. The zero-order valence-corrected chi connectivity index (χ0v) is 19.8. The molecule has 0 spiro atoms. The topological polar surface area (TPSA) is 76.2 Å². The summed E-state index contributed by atoms with van der Waals surface area (Å²) >= 11 is 0. The van der Waals surface area contributed by atoms with E-state index in [9.17, 15) is 17.6 Å². The van der Waals surface area contributed by atoms with Crippen LogP contribution in [0.2, 0.25) is 0 Å². The van der Waals surface area contributed by atoms with E-state index in [1.165, 1.54) is 37.1 Å². The van der Waals surface area contributed by atoms with Gasteiger partial charge in [-0.1, -0.05) is 18.2 Å². The number of carbonyl (C=O) groups excluding carboxylic acids is 1. The summed E-state index contributed by atoms with van der Waals surface area (Å²) in [6.07, 6.45) is 0. The Balaban J connectivity index is 2.46. The average molecular weight is 467 g/mol. The van der Waals surface area contributed by atoms with Crippen molar-refractivity contribution in [3.63, 3.8) is 0 Å². The molecule has 0 radical (unpaired) electrons. The standard InChI is InChI=1S/C23H31FN2O5S/c1-5-25(6-2)19-13-12-18(22(16-19)31-32(28,29)7-3)17-26(14-15-30-4)23(27)20-10-8-9-11-21(20)24/h8-13,16H,5-7,14-15,17H2,1-4H3. The zero-order valence-electron chi connectivity index (χ0n) is 19.0. The van der Waals surface area contributed by atoms with Gasteiger partial charge in [-0.05, 0) is 39.0 Å². The lowest BCUT2D eigenvalue weighted by molar-refractivity contribution is 0.0675. The summed E-state index contributed by atoms with van der Waals surface area (Å²) in [4.78, 5) is 16.5. The molecule has 2 rings (SSSR count). The van der Waals surface area contributed by atoms with Crippen molar-refractivity contribution in [1.82, 2.24) is 4.90 Å². The number of carbonyl (C=O) groups is 1. The quantitative estimate of drug-likeness (QED) is 0.444. The van der Waals surface area contributed by atoms with Crippen molar-refractivity contribution in [1.29, 1.82) is 0 Å². The number of ether oxygens (including phenoxy) is 1. The van der Waals surface area contributed by atoms with E-state index in [-0.39, 0.29) is 36.8 Å². The van der Waals surface area contributed by atoms with E-state index >= 15 is 0 Å². The first-order valence-electron chi connectivity index (χ1n) is 10.6. The molecule has 0 N–H and O–H groups in total. The second-order valence-electron chi connectivity index (χ2n) is 7.09. The summed E-state index contributed by atoms with van der Waals surface area (Å²) in [7, 11) is -2.28. The van der Waals surface area contributed by atoms with Crippen LogP contribution in [0.4, 0.5) is 10.1 Å². The number of anilines is 1. The average Bonchev–Trinajstić information content (AvgIpc) is 2.78. The van der Waals surface area contributed by atoms with Crippen molar-refractivity contribution in [2.24, 2.45) is 0 Å². The molecule has 0 atom stereocenters. The number of amides is 1. The fourth-order valence-corrected chi connectivity index (χ4v) is 3.74. The van der Waals surface area contributed by atoms with Gasteiger partial charge in [0.25, 0.3) is 5.91 Å². The smallest absolute Gasteiger partial charge is 0.308 e. The van der Waals surface area contributed by atoms with Gasteiger partial charge < -0.3 is 18.7 Å². The molecule has 2 aromatic rings. The van der Waals surface area contributed by atoms with Crippen LogP contribution in [0.15, 0.2) is 42.5 Å². The molecule has 1 amide bonds. The molecule has 0 saturated carbocycles. The monoisotopic (exact) mass is 466 g/mol. The Morgan fingerprint density at radius 3 is 2.34 bits per heavy atom. The van der Waals surface area contributed by atoms with E-state index in [2.05, 4.69) is 4.90 Å².